The van der Waals surface area contributed by atoms with Crippen molar-refractivity contribution in [3.8, 4) is 23.1 Å². The van der Waals surface area contributed by atoms with Crippen molar-refractivity contribution >= 4 is 22.6 Å². The Hall–Kier alpha value is -4.47. The van der Waals surface area contributed by atoms with E-state index in [-0.39, 0.29) is 40.0 Å². The number of fused-ring (bicyclic) bond motifs is 1. The minimum absolute atomic E-state index is 0.0689. The van der Waals surface area contributed by atoms with E-state index in [4.69, 9.17) is 14.2 Å². The monoisotopic (exact) mass is 518 g/mol. The Bertz CT molecular complexity index is 1650. The van der Waals surface area contributed by atoms with E-state index in [1.165, 1.54) is 32.5 Å². The number of hydrogen-bond donors (Lipinski definition) is 1. The summed E-state index contributed by atoms with van der Waals surface area (Å²) in [6, 6.07) is 7.25. The van der Waals surface area contributed by atoms with Gasteiger partial charge < -0.3 is 24.1 Å². The molecule has 4 aromatic rings. The summed E-state index contributed by atoms with van der Waals surface area (Å²) in [5.74, 6) is -0.278. The highest BCUT2D eigenvalue weighted by Gasteiger charge is 2.32. The summed E-state index contributed by atoms with van der Waals surface area (Å²) in [5.41, 5.74) is 2.95. The minimum Gasteiger partial charge on any atom is -0.491 e. The SMILES string of the molecule is COc1cc2nccc(Oc3ccc(NC(=O)c4c(C)n(C)c(C)c(C5CC5)c4=O)cc3F)c2nc1OC. The van der Waals surface area contributed by atoms with Crippen LogP contribution in [-0.2, 0) is 7.05 Å². The molecule has 0 radical (unpaired) electrons. The van der Waals surface area contributed by atoms with Crippen molar-refractivity contribution in [2.45, 2.75) is 32.6 Å². The quantitative estimate of drug-likeness (QED) is 0.366. The van der Waals surface area contributed by atoms with Gasteiger partial charge in [-0.05, 0) is 44.7 Å². The van der Waals surface area contributed by atoms with Crippen molar-refractivity contribution in [1.29, 1.82) is 0 Å². The largest absolute Gasteiger partial charge is 0.491 e. The lowest BCUT2D eigenvalue weighted by Crippen LogP contribution is -2.29. The van der Waals surface area contributed by atoms with Crippen molar-refractivity contribution in [1.82, 2.24) is 14.5 Å². The molecule has 10 heteroatoms. The highest BCUT2D eigenvalue weighted by molar-refractivity contribution is 6.05. The molecule has 1 fully saturated rings. The zero-order valence-electron chi connectivity index (χ0n) is 21.7. The third kappa shape index (κ3) is 4.42. The molecule has 0 saturated heterocycles. The topological polar surface area (TPSA) is 105 Å². The number of anilines is 1. The fraction of sp³-hybridized carbons (Fsp3) is 0.286. The maximum absolute atomic E-state index is 15.1. The van der Waals surface area contributed by atoms with E-state index in [0.29, 0.717) is 28.0 Å². The van der Waals surface area contributed by atoms with Crippen molar-refractivity contribution in [2.75, 3.05) is 19.5 Å². The first kappa shape index (κ1) is 25.2. The zero-order valence-corrected chi connectivity index (χ0v) is 21.7. The predicted molar refractivity (Wildman–Crippen MR) is 140 cm³/mol. The van der Waals surface area contributed by atoms with Crippen molar-refractivity contribution in [3.05, 3.63) is 75.1 Å². The van der Waals surface area contributed by atoms with Crippen LogP contribution in [0.4, 0.5) is 10.1 Å². The number of nitrogens with one attached hydrogen (secondary N) is 1. The van der Waals surface area contributed by atoms with Gasteiger partial charge in [0, 0.05) is 54.1 Å². The second kappa shape index (κ2) is 9.77. The number of halogens is 1. The summed E-state index contributed by atoms with van der Waals surface area (Å²) in [7, 11) is 4.79. The number of ether oxygens (including phenoxy) is 3. The third-order valence-corrected chi connectivity index (χ3v) is 6.87. The molecule has 1 saturated carbocycles. The zero-order chi connectivity index (χ0) is 27.1. The summed E-state index contributed by atoms with van der Waals surface area (Å²) in [6.45, 7) is 3.63. The molecule has 0 atom stereocenters. The van der Waals surface area contributed by atoms with Crippen molar-refractivity contribution < 1.29 is 23.4 Å². The van der Waals surface area contributed by atoms with Crippen LogP contribution < -0.4 is 25.0 Å². The Morgan fingerprint density at radius 2 is 1.82 bits per heavy atom. The minimum atomic E-state index is -0.708. The molecule has 1 aliphatic rings. The molecule has 1 aromatic carbocycles. The number of methoxy groups -OCH3 is 2. The molecule has 0 aliphatic heterocycles. The lowest BCUT2D eigenvalue weighted by molar-refractivity contribution is 0.102. The molecule has 0 spiro atoms. The van der Waals surface area contributed by atoms with E-state index in [1.54, 1.807) is 19.1 Å². The Morgan fingerprint density at radius 1 is 1.05 bits per heavy atom. The number of aromatic nitrogens is 3. The molecule has 0 unspecified atom stereocenters. The number of carbonyl (C=O) groups is 1. The highest BCUT2D eigenvalue weighted by Crippen LogP contribution is 2.40. The fourth-order valence-electron chi connectivity index (χ4n) is 4.54. The van der Waals surface area contributed by atoms with Crippen LogP contribution in [0.3, 0.4) is 0 Å². The second-order valence-corrected chi connectivity index (χ2v) is 9.20. The summed E-state index contributed by atoms with van der Waals surface area (Å²) < 4.78 is 33.3. The number of carbonyl (C=O) groups excluding carboxylic acids is 1. The van der Waals surface area contributed by atoms with E-state index in [0.717, 1.165) is 24.6 Å². The Balaban J connectivity index is 1.42. The summed E-state index contributed by atoms with van der Waals surface area (Å²) in [5, 5.41) is 2.66. The standard InChI is InChI=1S/C28H27FN4O5/c1-14-23(16-6-7-16)26(34)24(15(2)33(14)3)27(35)31-17-8-9-20(18(29)12-17)38-21-10-11-30-19-13-22(36-4)28(37-5)32-25(19)21/h8-13,16H,6-7H2,1-5H3,(H,31,35). The van der Waals surface area contributed by atoms with Gasteiger partial charge >= 0.3 is 0 Å². The van der Waals surface area contributed by atoms with Gasteiger partial charge in [-0.3, -0.25) is 14.6 Å². The number of amides is 1. The molecule has 9 nitrogen and oxygen atoms in total. The van der Waals surface area contributed by atoms with Crippen molar-refractivity contribution in [3.63, 3.8) is 0 Å². The van der Waals surface area contributed by atoms with Crippen LogP contribution in [-0.4, -0.2) is 34.7 Å². The number of nitrogens with zero attached hydrogens (tertiary/aromatic N) is 3. The average Bonchev–Trinajstić information content (AvgIpc) is 3.73. The number of pyridine rings is 3. The average molecular weight is 519 g/mol. The van der Waals surface area contributed by atoms with Crippen LogP contribution in [0.25, 0.3) is 11.0 Å². The number of benzene rings is 1. The molecule has 1 N–H and O–H groups in total. The van der Waals surface area contributed by atoms with Gasteiger partial charge in [-0.15, -0.1) is 0 Å². The lowest BCUT2D eigenvalue weighted by Gasteiger charge is -2.17. The first-order valence-electron chi connectivity index (χ1n) is 12.1. The Morgan fingerprint density at radius 3 is 2.47 bits per heavy atom. The molecular weight excluding hydrogens is 491 g/mol. The van der Waals surface area contributed by atoms with Crippen LogP contribution in [0.1, 0.15) is 46.1 Å². The van der Waals surface area contributed by atoms with E-state index in [1.807, 2.05) is 18.5 Å². The summed E-state index contributed by atoms with van der Waals surface area (Å²) >= 11 is 0. The lowest BCUT2D eigenvalue weighted by atomic mass is 10.0. The van der Waals surface area contributed by atoms with Gasteiger partial charge in [0.05, 0.1) is 19.7 Å². The number of hydrogen-bond acceptors (Lipinski definition) is 7. The van der Waals surface area contributed by atoms with Gasteiger partial charge in [0.1, 0.15) is 11.1 Å². The maximum Gasteiger partial charge on any atom is 0.261 e. The van der Waals surface area contributed by atoms with Gasteiger partial charge in [-0.1, -0.05) is 0 Å². The Kier molecular flexibility index (Phi) is 6.48. The molecule has 3 aromatic heterocycles. The van der Waals surface area contributed by atoms with Crippen LogP contribution >= 0.6 is 0 Å². The van der Waals surface area contributed by atoms with Crippen LogP contribution in [0, 0.1) is 19.7 Å². The first-order chi connectivity index (χ1) is 18.2. The van der Waals surface area contributed by atoms with Crippen LogP contribution in [0.2, 0.25) is 0 Å². The summed E-state index contributed by atoms with van der Waals surface area (Å²) in [6.07, 6.45) is 3.39. The predicted octanol–water partition coefficient (Wildman–Crippen LogP) is 5.02. The van der Waals surface area contributed by atoms with Gasteiger partial charge in [-0.2, -0.15) is 0 Å². The van der Waals surface area contributed by atoms with Crippen LogP contribution in [0.5, 0.6) is 23.1 Å². The van der Waals surface area contributed by atoms with E-state index >= 15 is 4.39 Å². The van der Waals surface area contributed by atoms with E-state index in [9.17, 15) is 9.59 Å². The molecular formula is C28H27FN4O5. The van der Waals surface area contributed by atoms with Gasteiger partial charge in [-0.25, -0.2) is 9.37 Å². The molecule has 5 rings (SSSR count). The van der Waals surface area contributed by atoms with Crippen molar-refractivity contribution in [2.24, 2.45) is 7.05 Å². The smallest absolute Gasteiger partial charge is 0.261 e. The second-order valence-electron chi connectivity index (χ2n) is 9.20. The molecule has 1 aliphatic carbocycles. The Labute approximate surface area is 218 Å². The van der Waals surface area contributed by atoms with Gasteiger partial charge in [0.2, 0.25) is 0 Å². The molecule has 196 valence electrons. The normalized spacial score (nSPS) is 12.9. The van der Waals surface area contributed by atoms with Gasteiger partial charge in [0.25, 0.3) is 11.8 Å². The highest BCUT2D eigenvalue weighted by atomic mass is 19.1. The third-order valence-electron chi connectivity index (χ3n) is 6.87. The number of rotatable bonds is 7. The van der Waals surface area contributed by atoms with Crippen LogP contribution in [0.15, 0.2) is 41.3 Å². The fourth-order valence-corrected chi connectivity index (χ4v) is 4.54. The molecule has 0 bridgehead atoms. The van der Waals surface area contributed by atoms with Gasteiger partial charge in [0.15, 0.2) is 28.5 Å². The molecule has 1 amide bonds. The van der Waals surface area contributed by atoms with E-state index in [2.05, 4.69) is 15.3 Å². The maximum atomic E-state index is 15.1. The molecule has 3 heterocycles. The van der Waals surface area contributed by atoms with E-state index < -0.39 is 11.7 Å². The summed E-state index contributed by atoms with van der Waals surface area (Å²) in [4.78, 5) is 35.0. The molecule has 38 heavy (non-hydrogen) atoms. The first-order valence-corrected chi connectivity index (χ1v) is 12.1.